The molecule has 1 aromatic carbocycles. The summed E-state index contributed by atoms with van der Waals surface area (Å²) in [4.78, 5) is 3.48. The Morgan fingerprint density at radius 3 is 2.71 bits per heavy atom. The predicted molar refractivity (Wildman–Crippen MR) is 78.8 cm³/mol. The van der Waals surface area contributed by atoms with Gasteiger partial charge in [-0.1, -0.05) is 19.1 Å². The molecule has 7 heteroatoms. The number of aromatic nitrogens is 1. The fourth-order valence-electron chi connectivity index (χ4n) is 1.75. The number of pyridine rings is 1. The largest absolute Gasteiger partial charge is 0.313 e. The molecule has 0 aliphatic carbocycles. The highest BCUT2D eigenvalue weighted by Crippen LogP contribution is 2.19. The first-order valence-electron chi connectivity index (χ1n) is 6.46. The van der Waals surface area contributed by atoms with Gasteiger partial charge in [0.25, 0.3) is 10.0 Å². The number of anilines is 1. The van der Waals surface area contributed by atoms with Crippen molar-refractivity contribution >= 4 is 15.8 Å². The van der Waals surface area contributed by atoms with Gasteiger partial charge in [-0.05, 0) is 36.4 Å². The molecular weight excluding hydrogens is 293 g/mol. The number of hydrogen-bond acceptors (Lipinski definition) is 4. The predicted octanol–water partition coefficient (Wildman–Crippen LogP) is 2.13. The summed E-state index contributed by atoms with van der Waals surface area (Å²) in [6.07, 6.45) is 1.45. The van der Waals surface area contributed by atoms with Crippen LogP contribution in [0.4, 0.5) is 10.2 Å². The molecule has 0 unspecified atom stereocenters. The summed E-state index contributed by atoms with van der Waals surface area (Å²) in [5.41, 5.74) is 0.694. The summed E-state index contributed by atoms with van der Waals surface area (Å²) in [5, 5.41) is 3.06. The summed E-state index contributed by atoms with van der Waals surface area (Å²) in [7, 11) is -4.01. The minimum atomic E-state index is -4.01. The molecule has 1 heterocycles. The van der Waals surface area contributed by atoms with Crippen LogP contribution in [0, 0.1) is 5.82 Å². The molecule has 0 spiro atoms. The molecule has 2 N–H and O–H groups in total. The molecule has 0 aliphatic heterocycles. The highest BCUT2D eigenvalue weighted by atomic mass is 32.2. The molecule has 0 fully saturated rings. The van der Waals surface area contributed by atoms with Crippen molar-refractivity contribution in [3.63, 3.8) is 0 Å². The Bertz CT molecular complexity index is 705. The van der Waals surface area contributed by atoms with E-state index in [0.717, 1.165) is 12.6 Å². The lowest BCUT2D eigenvalue weighted by Crippen LogP contribution is -2.17. The van der Waals surface area contributed by atoms with Crippen LogP contribution in [0.5, 0.6) is 0 Å². The van der Waals surface area contributed by atoms with Gasteiger partial charge in [0, 0.05) is 12.7 Å². The molecule has 0 bridgehead atoms. The molecule has 0 aliphatic rings. The quantitative estimate of drug-likeness (QED) is 0.857. The highest BCUT2D eigenvalue weighted by molar-refractivity contribution is 7.92. The molecule has 0 amide bonds. The first kappa shape index (κ1) is 15.4. The van der Waals surface area contributed by atoms with Crippen molar-refractivity contribution in [3.8, 4) is 0 Å². The van der Waals surface area contributed by atoms with Crippen LogP contribution >= 0.6 is 0 Å². The molecule has 2 aromatic rings. The van der Waals surface area contributed by atoms with Crippen LogP contribution in [0.1, 0.15) is 12.5 Å². The van der Waals surface area contributed by atoms with E-state index in [9.17, 15) is 12.8 Å². The second-order valence-electron chi connectivity index (χ2n) is 4.37. The van der Waals surface area contributed by atoms with Crippen LogP contribution in [0.2, 0.25) is 0 Å². The number of halogens is 1. The van der Waals surface area contributed by atoms with Gasteiger partial charge in [-0.3, -0.25) is 4.72 Å². The van der Waals surface area contributed by atoms with Crippen LogP contribution in [-0.4, -0.2) is 19.9 Å². The Balaban J connectivity index is 2.30. The van der Waals surface area contributed by atoms with Crippen LogP contribution < -0.4 is 10.0 Å². The summed E-state index contributed by atoms with van der Waals surface area (Å²) in [6.45, 7) is 3.15. The summed E-state index contributed by atoms with van der Waals surface area (Å²) >= 11 is 0. The van der Waals surface area contributed by atoms with Crippen molar-refractivity contribution in [3.05, 3.63) is 54.0 Å². The molecular formula is C14H16FN3O2S. The lowest BCUT2D eigenvalue weighted by atomic mass is 10.2. The van der Waals surface area contributed by atoms with Crippen molar-refractivity contribution < 1.29 is 12.8 Å². The van der Waals surface area contributed by atoms with Gasteiger partial charge in [-0.15, -0.1) is 0 Å². The van der Waals surface area contributed by atoms with E-state index >= 15 is 0 Å². The molecule has 0 radical (unpaired) electrons. The number of benzene rings is 1. The van der Waals surface area contributed by atoms with E-state index in [1.807, 2.05) is 6.92 Å². The van der Waals surface area contributed by atoms with Crippen molar-refractivity contribution in [1.82, 2.24) is 10.3 Å². The topological polar surface area (TPSA) is 71.1 Å². The van der Waals surface area contributed by atoms with E-state index in [-0.39, 0.29) is 10.7 Å². The second kappa shape index (κ2) is 6.64. The van der Waals surface area contributed by atoms with Crippen LogP contribution in [0.25, 0.3) is 0 Å². The monoisotopic (exact) mass is 309 g/mol. The Kier molecular flexibility index (Phi) is 4.87. The summed E-state index contributed by atoms with van der Waals surface area (Å²) in [5.74, 6) is -0.646. The number of nitrogens with zero attached hydrogens (tertiary/aromatic N) is 1. The van der Waals surface area contributed by atoms with Gasteiger partial charge >= 0.3 is 0 Å². The summed E-state index contributed by atoms with van der Waals surface area (Å²) < 4.78 is 40.6. The Morgan fingerprint density at radius 2 is 2.05 bits per heavy atom. The third-order valence-corrected chi connectivity index (χ3v) is 4.14. The van der Waals surface area contributed by atoms with Gasteiger partial charge in [0.05, 0.1) is 0 Å². The zero-order valence-electron chi connectivity index (χ0n) is 11.5. The van der Waals surface area contributed by atoms with E-state index in [1.54, 1.807) is 18.2 Å². The third-order valence-electron chi connectivity index (χ3n) is 2.77. The molecule has 5 nitrogen and oxygen atoms in total. The van der Waals surface area contributed by atoms with Gasteiger partial charge < -0.3 is 5.32 Å². The Labute approximate surface area is 123 Å². The van der Waals surface area contributed by atoms with Gasteiger partial charge in [0.15, 0.2) is 0 Å². The Hall–Kier alpha value is -1.99. The maximum Gasteiger partial charge on any atom is 0.265 e. The van der Waals surface area contributed by atoms with E-state index in [1.165, 1.54) is 18.3 Å². The van der Waals surface area contributed by atoms with E-state index in [2.05, 4.69) is 15.0 Å². The third kappa shape index (κ3) is 3.99. The van der Waals surface area contributed by atoms with Gasteiger partial charge in [0.2, 0.25) is 0 Å². The second-order valence-corrected chi connectivity index (χ2v) is 6.02. The fraction of sp³-hybridized carbons (Fsp3) is 0.214. The molecule has 112 valence electrons. The van der Waals surface area contributed by atoms with Crippen molar-refractivity contribution in [2.45, 2.75) is 18.4 Å². The van der Waals surface area contributed by atoms with E-state index in [4.69, 9.17) is 0 Å². The maximum absolute atomic E-state index is 13.8. The van der Waals surface area contributed by atoms with E-state index < -0.39 is 15.8 Å². The molecule has 0 saturated heterocycles. The first-order valence-corrected chi connectivity index (χ1v) is 7.94. The fourth-order valence-corrected chi connectivity index (χ4v) is 2.89. The van der Waals surface area contributed by atoms with Crippen molar-refractivity contribution in [1.29, 1.82) is 0 Å². The molecule has 1 aromatic heterocycles. The smallest absolute Gasteiger partial charge is 0.265 e. The van der Waals surface area contributed by atoms with Crippen molar-refractivity contribution in [2.75, 3.05) is 11.3 Å². The van der Waals surface area contributed by atoms with Crippen LogP contribution in [-0.2, 0) is 16.6 Å². The highest BCUT2D eigenvalue weighted by Gasteiger charge is 2.20. The zero-order valence-corrected chi connectivity index (χ0v) is 12.3. The average molecular weight is 309 g/mol. The molecule has 2 rings (SSSR count). The van der Waals surface area contributed by atoms with Crippen LogP contribution in [0.3, 0.4) is 0 Å². The standard InChI is InChI=1S/C14H16FN3O2S/c1-2-16-10-11-6-7-12(15)13(9-11)21(19,20)18-14-5-3-4-8-17-14/h3-9,16H,2,10H2,1H3,(H,17,18). The van der Waals surface area contributed by atoms with Gasteiger partial charge in [0.1, 0.15) is 16.5 Å². The molecule has 21 heavy (non-hydrogen) atoms. The number of nitrogens with one attached hydrogen (secondary N) is 2. The first-order chi connectivity index (χ1) is 10.0. The summed E-state index contributed by atoms with van der Waals surface area (Å²) in [6, 6.07) is 8.83. The normalized spacial score (nSPS) is 11.3. The average Bonchev–Trinajstić information content (AvgIpc) is 2.47. The van der Waals surface area contributed by atoms with E-state index in [0.29, 0.717) is 12.1 Å². The molecule has 0 saturated carbocycles. The zero-order chi connectivity index (χ0) is 15.3. The van der Waals surface area contributed by atoms with Gasteiger partial charge in [-0.2, -0.15) is 0 Å². The number of rotatable bonds is 6. The SMILES string of the molecule is CCNCc1ccc(F)c(S(=O)(=O)Nc2ccccn2)c1. The molecule has 0 atom stereocenters. The minimum Gasteiger partial charge on any atom is -0.313 e. The number of sulfonamides is 1. The minimum absolute atomic E-state index is 0.147. The van der Waals surface area contributed by atoms with Gasteiger partial charge in [-0.25, -0.2) is 17.8 Å². The Morgan fingerprint density at radius 1 is 1.24 bits per heavy atom. The van der Waals surface area contributed by atoms with Crippen molar-refractivity contribution in [2.24, 2.45) is 0 Å². The van der Waals surface area contributed by atoms with Crippen LogP contribution in [0.15, 0.2) is 47.5 Å². The lowest BCUT2D eigenvalue weighted by molar-refractivity contribution is 0.568. The number of hydrogen-bond donors (Lipinski definition) is 2. The maximum atomic E-state index is 13.8. The lowest BCUT2D eigenvalue weighted by Gasteiger charge is -2.10.